The van der Waals surface area contributed by atoms with Gasteiger partial charge in [-0.3, -0.25) is 4.79 Å². The predicted octanol–water partition coefficient (Wildman–Crippen LogP) is 0.294. The number of amides is 1. The minimum atomic E-state index is -0.860. The van der Waals surface area contributed by atoms with Crippen LogP contribution >= 0.6 is 0 Å². The highest BCUT2D eigenvalue weighted by atomic mass is 19.1. The van der Waals surface area contributed by atoms with Crippen molar-refractivity contribution in [2.24, 2.45) is 5.73 Å². The Morgan fingerprint density at radius 1 is 1.75 bits per heavy atom. The van der Waals surface area contributed by atoms with Crippen LogP contribution in [0.1, 0.15) is 19.8 Å². The average molecular weight is 174 g/mol. The maximum atomic E-state index is 12.8. The van der Waals surface area contributed by atoms with E-state index in [9.17, 15) is 9.18 Å². The fourth-order valence-corrected chi connectivity index (χ4v) is 1.41. The van der Waals surface area contributed by atoms with E-state index in [-0.39, 0.29) is 12.5 Å². The number of rotatable bonds is 1. The predicted molar refractivity (Wildman–Crippen MR) is 44.4 cm³/mol. The van der Waals surface area contributed by atoms with Crippen molar-refractivity contribution in [1.82, 2.24) is 4.90 Å². The van der Waals surface area contributed by atoms with Gasteiger partial charge in [0.2, 0.25) is 5.91 Å². The summed E-state index contributed by atoms with van der Waals surface area (Å²) in [6, 6.07) is -0.504. The highest BCUT2D eigenvalue weighted by molar-refractivity contribution is 5.81. The average Bonchev–Trinajstić information content (AvgIpc) is 2.03. The number of halogens is 1. The molecule has 0 saturated carbocycles. The maximum Gasteiger partial charge on any atom is 0.239 e. The van der Waals surface area contributed by atoms with Crippen LogP contribution in [-0.2, 0) is 4.79 Å². The van der Waals surface area contributed by atoms with E-state index in [1.165, 1.54) is 4.90 Å². The van der Waals surface area contributed by atoms with Crippen LogP contribution in [0.4, 0.5) is 4.39 Å². The Morgan fingerprint density at radius 2 is 2.42 bits per heavy atom. The minimum absolute atomic E-state index is 0.141. The summed E-state index contributed by atoms with van der Waals surface area (Å²) in [6.07, 6.45) is 0.462. The zero-order chi connectivity index (χ0) is 9.14. The van der Waals surface area contributed by atoms with Crippen molar-refractivity contribution in [1.29, 1.82) is 0 Å². The third-order valence-electron chi connectivity index (χ3n) is 2.07. The first kappa shape index (κ1) is 9.45. The van der Waals surface area contributed by atoms with E-state index in [4.69, 9.17) is 5.73 Å². The van der Waals surface area contributed by atoms with Gasteiger partial charge in [0.1, 0.15) is 6.17 Å². The second-order valence-electron chi connectivity index (χ2n) is 3.31. The van der Waals surface area contributed by atoms with Crippen molar-refractivity contribution >= 4 is 5.91 Å². The highest BCUT2D eigenvalue weighted by Crippen LogP contribution is 2.13. The quantitative estimate of drug-likeness (QED) is 0.621. The molecule has 1 aliphatic heterocycles. The Labute approximate surface area is 71.7 Å². The molecular formula is C8H15FN2O. The zero-order valence-electron chi connectivity index (χ0n) is 7.29. The molecular weight excluding hydrogens is 159 g/mol. The van der Waals surface area contributed by atoms with Crippen molar-refractivity contribution in [3.05, 3.63) is 0 Å². The number of nitrogens with two attached hydrogens (primary N) is 1. The molecule has 0 aromatic rings. The Bertz CT molecular complexity index is 172. The van der Waals surface area contributed by atoms with Crippen LogP contribution in [0.5, 0.6) is 0 Å². The van der Waals surface area contributed by atoms with Crippen molar-refractivity contribution in [2.45, 2.75) is 32.0 Å². The summed E-state index contributed by atoms with van der Waals surface area (Å²) in [5.41, 5.74) is 5.40. The zero-order valence-corrected chi connectivity index (χ0v) is 7.29. The van der Waals surface area contributed by atoms with Gasteiger partial charge in [0.25, 0.3) is 0 Å². The van der Waals surface area contributed by atoms with Crippen LogP contribution in [0.15, 0.2) is 0 Å². The molecule has 4 heteroatoms. The molecule has 1 unspecified atom stereocenters. The maximum absolute atomic E-state index is 12.8. The largest absolute Gasteiger partial charge is 0.338 e. The number of carbonyl (C=O) groups is 1. The Balaban J connectivity index is 2.46. The number of nitrogens with zero attached hydrogens (tertiary/aromatic N) is 1. The second kappa shape index (κ2) is 3.85. The molecule has 3 nitrogen and oxygen atoms in total. The van der Waals surface area contributed by atoms with E-state index in [0.717, 1.165) is 6.42 Å². The molecule has 70 valence electrons. The summed E-state index contributed by atoms with van der Waals surface area (Å²) in [5.74, 6) is -0.141. The van der Waals surface area contributed by atoms with Crippen LogP contribution in [0.3, 0.4) is 0 Å². The lowest BCUT2D eigenvalue weighted by molar-refractivity contribution is -0.134. The lowest BCUT2D eigenvalue weighted by Crippen LogP contribution is -2.47. The van der Waals surface area contributed by atoms with E-state index in [1.54, 1.807) is 6.92 Å². The molecule has 1 heterocycles. The molecule has 1 amide bonds. The highest BCUT2D eigenvalue weighted by Gasteiger charge is 2.24. The molecule has 1 saturated heterocycles. The fraction of sp³-hybridized carbons (Fsp3) is 0.875. The molecule has 12 heavy (non-hydrogen) atoms. The summed E-state index contributed by atoms with van der Waals surface area (Å²) in [6.45, 7) is 2.51. The molecule has 1 aliphatic rings. The molecule has 0 spiro atoms. The summed E-state index contributed by atoms with van der Waals surface area (Å²) >= 11 is 0. The van der Waals surface area contributed by atoms with Crippen LogP contribution in [0.25, 0.3) is 0 Å². The Kier molecular flexibility index (Phi) is 3.03. The molecule has 2 N–H and O–H groups in total. The summed E-state index contributed by atoms with van der Waals surface area (Å²) in [4.78, 5) is 12.8. The lowest BCUT2D eigenvalue weighted by atomic mass is 10.1. The normalized spacial score (nSPS) is 26.9. The van der Waals surface area contributed by atoms with E-state index in [1.807, 2.05) is 0 Å². The molecule has 0 radical (unpaired) electrons. The van der Waals surface area contributed by atoms with Gasteiger partial charge in [0.15, 0.2) is 0 Å². The van der Waals surface area contributed by atoms with Gasteiger partial charge in [-0.15, -0.1) is 0 Å². The van der Waals surface area contributed by atoms with E-state index in [0.29, 0.717) is 13.0 Å². The van der Waals surface area contributed by atoms with Crippen molar-refractivity contribution in [2.75, 3.05) is 13.1 Å². The molecule has 0 aromatic heterocycles. The third-order valence-corrected chi connectivity index (χ3v) is 2.07. The van der Waals surface area contributed by atoms with Gasteiger partial charge in [0, 0.05) is 6.54 Å². The Morgan fingerprint density at radius 3 is 2.92 bits per heavy atom. The van der Waals surface area contributed by atoms with Crippen LogP contribution in [0.2, 0.25) is 0 Å². The van der Waals surface area contributed by atoms with Gasteiger partial charge < -0.3 is 10.6 Å². The van der Waals surface area contributed by atoms with Gasteiger partial charge >= 0.3 is 0 Å². The van der Waals surface area contributed by atoms with Crippen LogP contribution in [0, 0.1) is 0 Å². The number of alkyl halides is 1. The summed E-state index contributed by atoms with van der Waals surface area (Å²) in [7, 11) is 0. The van der Waals surface area contributed by atoms with E-state index < -0.39 is 12.2 Å². The van der Waals surface area contributed by atoms with Gasteiger partial charge in [-0.1, -0.05) is 0 Å². The third kappa shape index (κ3) is 2.17. The summed E-state index contributed by atoms with van der Waals surface area (Å²) in [5, 5.41) is 0. The van der Waals surface area contributed by atoms with E-state index in [2.05, 4.69) is 0 Å². The fourth-order valence-electron chi connectivity index (χ4n) is 1.41. The second-order valence-corrected chi connectivity index (χ2v) is 3.31. The topological polar surface area (TPSA) is 46.3 Å². The minimum Gasteiger partial charge on any atom is -0.338 e. The van der Waals surface area contributed by atoms with Gasteiger partial charge in [-0.05, 0) is 19.8 Å². The van der Waals surface area contributed by atoms with Crippen molar-refractivity contribution < 1.29 is 9.18 Å². The number of carbonyl (C=O) groups excluding carboxylic acids is 1. The summed E-state index contributed by atoms with van der Waals surface area (Å²) < 4.78 is 12.8. The van der Waals surface area contributed by atoms with Crippen LogP contribution < -0.4 is 5.73 Å². The molecule has 2 atom stereocenters. The molecule has 0 bridgehead atoms. The van der Waals surface area contributed by atoms with E-state index >= 15 is 0 Å². The van der Waals surface area contributed by atoms with Crippen LogP contribution in [-0.4, -0.2) is 36.1 Å². The number of piperidine rings is 1. The van der Waals surface area contributed by atoms with Crippen molar-refractivity contribution in [3.8, 4) is 0 Å². The number of likely N-dealkylation sites (tertiary alicyclic amines) is 1. The standard InChI is InChI=1S/C8H15FN2O/c1-6(10)8(12)11-4-2-3-7(9)5-11/h6-7H,2-5,10H2,1H3/t6-,7?/m0/s1. The van der Waals surface area contributed by atoms with Gasteiger partial charge in [0.05, 0.1) is 12.6 Å². The SMILES string of the molecule is C[C@H](N)C(=O)N1CCCC(F)C1. The first-order valence-electron chi connectivity index (χ1n) is 4.29. The molecule has 1 fully saturated rings. The van der Waals surface area contributed by atoms with Crippen molar-refractivity contribution in [3.63, 3.8) is 0 Å². The van der Waals surface area contributed by atoms with Gasteiger partial charge in [-0.2, -0.15) is 0 Å². The lowest BCUT2D eigenvalue weighted by Gasteiger charge is -2.30. The first-order valence-corrected chi connectivity index (χ1v) is 4.29. The first-order chi connectivity index (χ1) is 5.61. The van der Waals surface area contributed by atoms with Gasteiger partial charge in [-0.25, -0.2) is 4.39 Å². The Hall–Kier alpha value is -0.640. The smallest absolute Gasteiger partial charge is 0.239 e. The molecule has 1 rings (SSSR count). The monoisotopic (exact) mass is 174 g/mol. The molecule has 0 aromatic carbocycles. The number of hydrogen-bond acceptors (Lipinski definition) is 2. The molecule has 0 aliphatic carbocycles. The number of hydrogen-bond donors (Lipinski definition) is 1.